The minimum atomic E-state index is -0.0735. The molecule has 0 saturated heterocycles. The van der Waals surface area contributed by atoms with E-state index in [2.05, 4.69) is 21.6 Å². The molecule has 0 fully saturated rings. The van der Waals surface area contributed by atoms with Crippen LogP contribution in [0.4, 0.5) is 5.69 Å². The Balaban J connectivity index is 1.35. The number of benzene rings is 2. The summed E-state index contributed by atoms with van der Waals surface area (Å²) in [5, 5.41) is 18.2. The van der Waals surface area contributed by atoms with Gasteiger partial charge in [0.1, 0.15) is 4.83 Å². The van der Waals surface area contributed by atoms with Gasteiger partial charge in [-0.25, -0.2) is 4.68 Å². The quantitative estimate of drug-likeness (QED) is 0.341. The molecule has 0 atom stereocenters. The molecule has 0 aliphatic carbocycles. The van der Waals surface area contributed by atoms with Crippen molar-refractivity contribution in [1.29, 1.82) is 0 Å². The number of thiophene rings is 1. The second-order valence-corrected chi connectivity index (χ2v) is 9.71. The van der Waals surface area contributed by atoms with E-state index in [-0.39, 0.29) is 11.7 Å². The minimum absolute atomic E-state index is 0.0735. The van der Waals surface area contributed by atoms with Crippen molar-refractivity contribution >= 4 is 44.9 Å². The lowest BCUT2D eigenvalue weighted by Crippen LogP contribution is -2.14. The Morgan fingerprint density at radius 1 is 1.06 bits per heavy atom. The number of aryl methyl sites for hydroxylation is 2. The fraction of sp³-hybridized carbons (Fsp3) is 0.167. The van der Waals surface area contributed by atoms with Crippen LogP contribution in [0.2, 0.25) is 0 Å². The highest BCUT2D eigenvalue weighted by Gasteiger charge is 2.19. The van der Waals surface area contributed by atoms with Crippen molar-refractivity contribution < 1.29 is 4.79 Å². The highest BCUT2D eigenvalue weighted by Crippen LogP contribution is 2.36. The van der Waals surface area contributed by atoms with E-state index in [1.807, 2.05) is 84.7 Å². The van der Waals surface area contributed by atoms with Crippen LogP contribution in [0.5, 0.6) is 0 Å². The van der Waals surface area contributed by atoms with Crippen LogP contribution in [-0.2, 0) is 11.8 Å². The SMILES string of the molecule is Cc1cccc(NC(=O)CSc2nnc(-c3cc4c(C)nn(-c5ccccc5)c4s3)n2C)c1. The first kappa shape index (κ1) is 21.4. The van der Waals surface area contributed by atoms with Gasteiger partial charge >= 0.3 is 0 Å². The molecule has 0 aliphatic rings. The van der Waals surface area contributed by atoms with Crippen LogP contribution in [0.25, 0.3) is 26.6 Å². The molecular formula is C24H22N6OS2. The summed E-state index contributed by atoms with van der Waals surface area (Å²) in [5.41, 5.74) is 3.90. The van der Waals surface area contributed by atoms with E-state index >= 15 is 0 Å². The maximum atomic E-state index is 12.4. The number of carbonyl (C=O) groups excluding carboxylic acids is 1. The van der Waals surface area contributed by atoms with Gasteiger partial charge in [0.15, 0.2) is 11.0 Å². The second kappa shape index (κ2) is 8.84. The number of thioether (sulfide) groups is 1. The molecule has 0 bridgehead atoms. The average molecular weight is 475 g/mol. The highest BCUT2D eigenvalue weighted by molar-refractivity contribution is 7.99. The fourth-order valence-corrected chi connectivity index (χ4v) is 5.52. The molecule has 0 radical (unpaired) electrons. The number of hydrogen-bond acceptors (Lipinski definition) is 6. The van der Waals surface area contributed by atoms with E-state index in [4.69, 9.17) is 5.10 Å². The topological polar surface area (TPSA) is 77.6 Å². The van der Waals surface area contributed by atoms with Gasteiger partial charge in [0.25, 0.3) is 0 Å². The molecule has 5 rings (SSSR count). The summed E-state index contributed by atoms with van der Waals surface area (Å²) in [6.07, 6.45) is 0. The third kappa shape index (κ3) is 4.29. The van der Waals surface area contributed by atoms with Crippen LogP contribution in [0.1, 0.15) is 11.3 Å². The van der Waals surface area contributed by atoms with E-state index in [0.29, 0.717) is 5.16 Å². The largest absolute Gasteiger partial charge is 0.325 e. The van der Waals surface area contributed by atoms with Crippen molar-refractivity contribution in [3.63, 3.8) is 0 Å². The molecule has 3 heterocycles. The predicted octanol–water partition coefficient (Wildman–Crippen LogP) is 5.23. The van der Waals surface area contributed by atoms with E-state index < -0.39 is 0 Å². The molecule has 5 aromatic rings. The molecule has 1 N–H and O–H groups in total. The van der Waals surface area contributed by atoms with Crippen molar-refractivity contribution in [1.82, 2.24) is 24.5 Å². The zero-order chi connectivity index (χ0) is 22.9. The van der Waals surface area contributed by atoms with E-state index in [1.54, 1.807) is 11.3 Å². The Morgan fingerprint density at radius 2 is 1.88 bits per heavy atom. The molecule has 0 unspecified atom stereocenters. The first-order valence-corrected chi connectivity index (χ1v) is 12.2. The van der Waals surface area contributed by atoms with Crippen LogP contribution < -0.4 is 5.32 Å². The number of hydrogen-bond donors (Lipinski definition) is 1. The van der Waals surface area contributed by atoms with Gasteiger partial charge in [0.05, 0.1) is 22.0 Å². The molecule has 0 spiro atoms. The maximum Gasteiger partial charge on any atom is 0.234 e. The number of nitrogens with one attached hydrogen (secondary N) is 1. The van der Waals surface area contributed by atoms with Gasteiger partial charge in [-0.15, -0.1) is 21.5 Å². The van der Waals surface area contributed by atoms with E-state index in [1.165, 1.54) is 11.8 Å². The highest BCUT2D eigenvalue weighted by atomic mass is 32.2. The average Bonchev–Trinajstić information content (AvgIpc) is 3.47. The summed E-state index contributed by atoms with van der Waals surface area (Å²) in [7, 11) is 1.93. The van der Waals surface area contributed by atoms with Gasteiger partial charge in [-0.05, 0) is 49.7 Å². The molecule has 9 heteroatoms. The Morgan fingerprint density at radius 3 is 2.67 bits per heavy atom. The van der Waals surface area contributed by atoms with Crippen LogP contribution >= 0.6 is 23.1 Å². The van der Waals surface area contributed by atoms with Gasteiger partial charge in [-0.3, -0.25) is 4.79 Å². The fourth-order valence-electron chi connectivity index (χ4n) is 3.61. The van der Waals surface area contributed by atoms with Crippen LogP contribution in [0.3, 0.4) is 0 Å². The number of rotatable bonds is 6. The molecule has 3 aromatic heterocycles. The molecule has 0 aliphatic heterocycles. The number of amides is 1. The molecule has 33 heavy (non-hydrogen) atoms. The maximum absolute atomic E-state index is 12.4. The number of fused-ring (bicyclic) bond motifs is 1. The standard InChI is InChI=1S/C24H22N6OS2/c1-15-8-7-9-17(12-15)25-21(31)14-32-24-27-26-22(29(24)3)20-13-19-16(2)28-30(23(19)33-20)18-10-5-4-6-11-18/h4-13H,14H2,1-3H3,(H,25,31). The first-order chi connectivity index (χ1) is 16.0. The van der Waals surface area contributed by atoms with Gasteiger partial charge < -0.3 is 9.88 Å². The van der Waals surface area contributed by atoms with Crippen LogP contribution in [0.15, 0.2) is 65.8 Å². The number of aromatic nitrogens is 5. The predicted molar refractivity (Wildman–Crippen MR) is 134 cm³/mol. The summed E-state index contributed by atoms with van der Waals surface area (Å²) in [6.45, 7) is 4.02. The lowest BCUT2D eigenvalue weighted by Gasteiger charge is -2.06. The summed E-state index contributed by atoms with van der Waals surface area (Å²) < 4.78 is 3.91. The van der Waals surface area contributed by atoms with Crippen molar-refractivity contribution in [2.45, 2.75) is 19.0 Å². The lowest BCUT2D eigenvalue weighted by molar-refractivity contribution is -0.113. The molecule has 2 aromatic carbocycles. The second-order valence-electron chi connectivity index (χ2n) is 7.73. The summed E-state index contributed by atoms with van der Waals surface area (Å²) in [6, 6.07) is 20.0. The third-order valence-electron chi connectivity index (χ3n) is 5.23. The normalized spacial score (nSPS) is 11.2. The smallest absolute Gasteiger partial charge is 0.234 e. The van der Waals surface area contributed by atoms with Crippen molar-refractivity contribution in [2.24, 2.45) is 7.05 Å². The molecule has 0 saturated carbocycles. The van der Waals surface area contributed by atoms with Crippen molar-refractivity contribution in [3.05, 3.63) is 71.9 Å². The van der Waals surface area contributed by atoms with Gasteiger partial charge in [-0.1, -0.05) is 42.1 Å². The molecule has 7 nitrogen and oxygen atoms in total. The Hall–Kier alpha value is -3.43. The summed E-state index contributed by atoms with van der Waals surface area (Å²) >= 11 is 3.01. The Kier molecular flexibility index (Phi) is 5.74. The Labute approximate surface area is 199 Å². The molecule has 166 valence electrons. The summed E-state index contributed by atoms with van der Waals surface area (Å²) in [5.74, 6) is 0.960. The molecule has 1 amide bonds. The lowest BCUT2D eigenvalue weighted by atomic mass is 10.2. The number of anilines is 1. The Bertz CT molecular complexity index is 1450. The van der Waals surface area contributed by atoms with Crippen LogP contribution in [-0.4, -0.2) is 36.2 Å². The minimum Gasteiger partial charge on any atom is -0.325 e. The number of para-hydroxylation sites is 1. The van der Waals surface area contributed by atoms with Gasteiger partial charge in [-0.2, -0.15) is 5.10 Å². The number of nitrogens with zero attached hydrogens (tertiary/aromatic N) is 5. The van der Waals surface area contributed by atoms with Crippen LogP contribution in [0, 0.1) is 13.8 Å². The van der Waals surface area contributed by atoms with Crippen molar-refractivity contribution in [2.75, 3.05) is 11.1 Å². The van der Waals surface area contributed by atoms with Crippen molar-refractivity contribution in [3.8, 4) is 16.4 Å². The summed E-state index contributed by atoms with van der Waals surface area (Å²) in [4.78, 5) is 14.5. The third-order valence-corrected chi connectivity index (χ3v) is 7.36. The first-order valence-electron chi connectivity index (χ1n) is 10.4. The zero-order valence-electron chi connectivity index (χ0n) is 18.4. The zero-order valence-corrected chi connectivity index (χ0v) is 20.1. The van der Waals surface area contributed by atoms with Gasteiger partial charge in [0, 0.05) is 18.1 Å². The number of carbonyl (C=O) groups is 1. The van der Waals surface area contributed by atoms with Gasteiger partial charge in [0.2, 0.25) is 5.91 Å². The molecular weight excluding hydrogens is 452 g/mol. The monoisotopic (exact) mass is 474 g/mol. The van der Waals surface area contributed by atoms with E-state index in [9.17, 15) is 4.79 Å². The van der Waals surface area contributed by atoms with E-state index in [0.717, 1.165) is 43.6 Å².